The van der Waals surface area contributed by atoms with E-state index in [9.17, 15) is 19.2 Å². The molecule has 1 aliphatic heterocycles. The Morgan fingerprint density at radius 3 is 2.77 bits per heavy atom. The normalized spacial score (nSPS) is 14.4. The number of aldehydes is 2. The van der Waals surface area contributed by atoms with Crippen LogP contribution in [0.4, 0.5) is 0 Å². The fraction of sp³-hybridized carbons (Fsp3) is 0.375. The van der Waals surface area contributed by atoms with Gasteiger partial charge in [0.2, 0.25) is 5.91 Å². The molecule has 2 rings (SSSR count). The summed E-state index contributed by atoms with van der Waals surface area (Å²) < 4.78 is 0. The molecule has 6 nitrogen and oxygen atoms in total. The lowest BCUT2D eigenvalue weighted by atomic mass is 10.0. The zero-order valence-electron chi connectivity index (χ0n) is 12.4. The molecule has 0 spiro atoms. The van der Waals surface area contributed by atoms with E-state index in [1.165, 1.54) is 11.9 Å². The highest BCUT2D eigenvalue weighted by atomic mass is 16.2. The van der Waals surface area contributed by atoms with Crippen LogP contribution >= 0.6 is 0 Å². The third-order valence-corrected chi connectivity index (χ3v) is 3.80. The van der Waals surface area contributed by atoms with Gasteiger partial charge in [0.05, 0.1) is 0 Å². The Labute approximate surface area is 128 Å². The number of carbonyl (C=O) groups is 4. The van der Waals surface area contributed by atoms with Crippen LogP contribution in [0.25, 0.3) is 0 Å². The maximum absolute atomic E-state index is 12.5. The summed E-state index contributed by atoms with van der Waals surface area (Å²) in [5.41, 5.74) is 2.20. The zero-order chi connectivity index (χ0) is 16.1. The molecule has 2 amide bonds. The van der Waals surface area contributed by atoms with Gasteiger partial charge in [-0.2, -0.15) is 0 Å². The summed E-state index contributed by atoms with van der Waals surface area (Å²) in [5, 5.41) is 2.53. The van der Waals surface area contributed by atoms with Crippen LogP contribution in [-0.4, -0.2) is 42.4 Å². The number of carbonyl (C=O) groups excluding carboxylic acids is 4. The first-order valence-electron chi connectivity index (χ1n) is 7.14. The zero-order valence-corrected chi connectivity index (χ0v) is 12.4. The Bertz CT molecular complexity index is 612. The lowest BCUT2D eigenvalue weighted by Gasteiger charge is -2.25. The number of nitrogens with one attached hydrogen (secondary N) is 1. The van der Waals surface area contributed by atoms with Crippen LogP contribution in [0.2, 0.25) is 0 Å². The standard InChI is InChI=1S/C16H18N2O4/c1-17-15(21)14(3-2-7-19)18-10-12-9-11(6-8-20)4-5-13(12)16(18)22/h4-5,7-9,14H,2-3,6,10H2,1H3,(H,17,21). The topological polar surface area (TPSA) is 83.6 Å². The molecule has 1 aliphatic rings. The van der Waals surface area contributed by atoms with Gasteiger partial charge < -0.3 is 19.8 Å². The quantitative estimate of drug-likeness (QED) is 0.742. The van der Waals surface area contributed by atoms with Gasteiger partial charge in [0, 0.05) is 32.0 Å². The Balaban J connectivity index is 2.25. The van der Waals surface area contributed by atoms with Crippen LogP contribution in [0.3, 0.4) is 0 Å². The molecule has 1 aromatic carbocycles. The summed E-state index contributed by atoms with van der Waals surface area (Å²) in [4.78, 5) is 47.1. The van der Waals surface area contributed by atoms with Gasteiger partial charge in [0.1, 0.15) is 18.6 Å². The molecule has 1 N–H and O–H groups in total. The number of nitrogens with zero attached hydrogens (tertiary/aromatic N) is 1. The van der Waals surface area contributed by atoms with Crippen molar-refractivity contribution >= 4 is 24.4 Å². The Hall–Kier alpha value is -2.50. The van der Waals surface area contributed by atoms with Crippen molar-refractivity contribution in [3.8, 4) is 0 Å². The van der Waals surface area contributed by atoms with Crippen LogP contribution in [0.15, 0.2) is 18.2 Å². The van der Waals surface area contributed by atoms with Gasteiger partial charge in [-0.05, 0) is 23.6 Å². The number of amides is 2. The second-order valence-corrected chi connectivity index (χ2v) is 5.17. The summed E-state index contributed by atoms with van der Waals surface area (Å²) in [7, 11) is 1.51. The molecule has 0 saturated carbocycles. The predicted octanol–water partition coefficient (Wildman–Crippen LogP) is 0.477. The molecule has 0 bridgehead atoms. The van der Waals surface area contributed by atoms with Crippen molar-refractivity contribution in [3.63, 3.8) is 0 Å². The Morgan fingerprint density at radius 1 is 1.36 bits per heavy atom. The van der Waals surface area contributed by atoms with E-state index < -0.39 is 6.04 Å². The summed E-state index contributed by atoms with van der Waals surface area (Å²) >= 11 is 0. The van der Waals surface area contributed by atoms with Crippen LogP contribution in [0, 0.1) is 0 Å². The molecule has 116 valence electrons. The molecule has 22 heavy (non-hydrogen) atoms. The van der Waals surface area contributed by atoms with Crippen molar-refractivity contribution in [3.05, 3.63) is 34.9 Å². The Morgan fingerprint density at radius 2 is 2.14 bits per heavy atom. The first kappa shape index (κ1) is 15.9. The summed E-state index contributed by atoms with van der Waals surface area (Å²) in [6.45, 7) is 0.317. The number of benzene rings is 1. The van der Waals surface area contributed by atoms with Crippen LogP contribution in [0.1, 0.15) is 34.3 Å². The largest absolute Gasteiger partial charge is 0.357 e. The fourth-order valence-corrected chi connectivity index (χ4v) is 2.69. The summed E-state index contributed by atoms with van der Waals surface area (Å²) in [6.07, 6.45) is 2.36. The van der Waals surface area contributed by atoms with Gasteiger partial charge in [-0.3, -0.25) is 9.59 Å². The Kier molecular flexibility index (Phi) is 5.04. The molecule has 1 atom stereocenters. The minimum atomic E-state index is -0.662. The molecule has 0 fully saturated rings. The number of likely N-dealkylation sites (N-methyl/N-ethyl adjacent to an activating group) is 1. The lowest BCUT2D eigenvalue weighted by molar-refractivity contribution is -0.125. The van der Waals surface area contributed by atoms with E-state index in [2.05, 4.69) is 5.32 Å². The number of hydrogen-bond donors (Lipinski definition) is 1. The second-order valence-electron chi connectivity index (χ2n) is 5.17. The number of hydrogen-bond acceptors (Lipinski definition) is 4. The smallest absolute Gasteiger partial charge is 0.255 e. The first-order valence-corrected chi connectivity index (χ1v) is 7.14. The number of rotatable bonds is 7. The van der Waals surface area contributed by atoms with Gasteiger partial charge in [-0.1, -0.05) is 12.1 Å². The lowest BCUT2D eigenvalue weighted by Crippen LogP contribution is -2.46. The minimum Gasteiger partial charge on any atom is -0.357 e. The van der Waals surface area contributed by atoms with E-state index in [4.69, 9.17) is 0 Å². The summed E-state index contributed by atoms with van der Waals surface area (Å²) in [5.74, 6) is -0.497. The third kappa shape index (κ3) is 3.05. The highest BCUT2D eigenvalue weighted by molar-refractivity contribution is 6.01. The average molecular weight is 302 g/mol. The SMILES string of the molecule is CNC(=O)C(CCC=O)N1Cc2cc(CC=O)ccc2C1=O. The maximum Gasteiger partial charge on any atom is 0.255 e. The van der Waals surface area contributed by atoms with Gasteiger partial charge >= 0.3 is 0 Å². The minimum absolute atomic E-state index is 0.216. The molecule has 1 heterocycles. The van der Waals surface area contributed by atoms with Crippen molar-refractivity contribution < 1.29 is 19.2 Å². The molecule has 1 aromatic rings. The van der Waals surface area contributed by atoms with Gasteiger partial charge in [-0.15, -0.1) is 0 Å². The second kappa shape index (κ2) is 6.98. The molecule has 0 radical (unpaired) electrons. The highest BCUT2D eigenvalue weighted by Gasteiger charge is 2.35. The van der Waals surface area contributed by atoms with E-state index >= 15 is 0 Å². The average Bonchev–Trinajstić information content (AvgIpc) is 2.84. The van der Waals surface area contributed by atoms with Crippen LogP contribution in [-0.2, 0) is 27.3 Å². The van der Waals surface area contributed by atoms with E-state index in [1.807, 2.05) is 6.07 Å². The molecule has 0 saturated heterocycles. The van der Waals surface area contributed by atoms with E-state index in [-0.39, 0.29) is 18.2 Å². The molecule has 0 aliphatic carbocycles. The van der Waals surface area contributed by atoms with Crippen LogP contribution in [0.5, 0.6) is 0 Å². The van der Waals surface area contributed by atoms with Crippen molar-refractivity contribution in [1.29, 1.82) is 0 Å². The van der Waals surface area contributed by atoms with E-state index in [0.717, 1.165) is 23.7 Å². The molecule has 1 unspecified atom stereocenters. The van der Waals surface area contributed by atoms with Crippen molar-refractivity contribution in [2.45, 2.75) is 31.8 Å². The fourth-order valence-electron chi connectivity index (χ4n) is 2.69. The molecule has 6 heteroatoms. The van der Waals surface area contributed by atoms with Gasteiger partial charge in [-0.25, -0.2) is 0 Å². The maximum atomic E-state index is 12.5. The summed E-state index contributed by atoms with van der Waals surface area (Å²) in [6, 6.07) is 4.60. The van der Waals surface area contributed by atoms with E-state index in [0.29, 0.717) is 24.9 Å². The van der Waals surface area contributed by atoms with Crippen molar-refractivity contribution in [1.82, 2.24) is 10.2 Å². The van der Waals surface area contributed by atoms with Crippen molar-refractivity contribution in [2.24, 2.45) is 0 Å². The predicted molar refractivity (Wildman–Crippen MR) is 79.2 cm³/mol. The monoisotopic (exact) mass is 302 g/mol. The van der Waals surface area contributed by atoms with Crippen LogP contribution < -0.4 is 5.32 Å². The first-order chi connectivity index (χ1) is 10.6. The van der Waals surface area contributed by atoms with E-state index in [1.54, 1.807) is 12.1 Å². The molecular weight excluding hydrogens is 284 g/mol. The van der Waals surface area contributed by atoms with Gasteiger partial charge in [0.15, 0.2) is 0 Å². The van der Waals surface area contributed by atoms with Crippen molar-refractivity contribution in [2.75, 3.05) is 7.05 Å². The molecular formula is C16H18N2O4. The van der Waals surface area contributed by atoms with Gasteiger partial charge in [0.25, 0.3) is 5.91 Å². The third-order valence-electron chi connectivity index (χ3n) is 3.80. The highest BCUT2D eigenvalue weighted by Crippen LogP contribution is 2.27. The number of fused-ring (bicyclic) bond motifs is 1. The molecule has 0 aromatic heterocycles.